The van der Waals surface area contributed by atoms with Gasteiger partial charge in [0.1, 0.15) is 0 Å². The Morgan fingerprint density at radius 3 is 2.26 bits per heavy atom. The Labute approximate surface area is 260 Å². The monoisotopic (exact) mass is 607 g/mol. The Bertz CT molecular complexity index is 1610. The van der Waals surface area contributed by atoms with Crippen LogP contribution in [0.5, 0.6) is 0 Å². The third-order valence-corrected chi connectivity index (χ3v) is 10.5. The zero-order chi connectivity index (χ0) is 29.3. The van der Waals surface area contributed by atoms with Gasteiger partial charge in [-0.1, -0.05) is 96.7 Å². The molecule has 42 heavy (non-hydrogen) atoms. The number of amides is 2. The number of anilines is 1. The molecule has 4 nitrogen and oxygen atoms in total. The van der Waals surface area contributed by atoms with Crippen LogP contribution in [-0.4, -0.2) is 25.0 Å². The normalized spacial score (nSPS) is 10.9. The average Bonchev–Trinajstić information content (AvgIpc) is 3.42. The van der Waals surface area contributed by atoms with E-state index >= 15 is 0 Å². The molecule has 0 fully saturated rings. The number of thiophene rings is 1. The van der Waals surface area contributed by atoms with Gasteiger partial charge in [-0.25, -0.2) is 4.79 Å². The van der Waals surface area contributed by atoms with E-state index in [9.17, 15) is 4.79 Å². The molecule has 1 aromatic heterocycles. The van der Waals surface area contributed by atoms with Crippen molar-refractivity contribution in [1.82, 2.24) is 5.32 Å². The zero-order valence-corrected chi connectivity index (χ0v) is 26.0. The predicted molar refractivity (Wildman–Crippen MR) is 181 cm³/mol. The van der Waals surface area contributed by atoms with Gasteiger partial charge in [-0.15, -0.1) is 23.1 Å². The second-order valence-corrected chi connectivity index (χ2v) is 13.1. The molecule has 212 valence electrons. The lowest BCUT2D eigenvalue weighted by molar-refractivity contribution is 0.252. The standard InChI is InChI=1S/C35H33N3OS3/c1-24-11-9-18-31(33(24)27-16-10-17-28(21-27)41-32-22-29(23-36)42-34(32)40-2)38-35(39)37-20-19-30(25-12-5-3-6-13-25)26-14-7-4-8-15-26/h3-18,21-23,30,36H,19-20H2,1-2H3,(H2,37,38,39). The number of carbonyl (C=O) groups excluding carboxylic acids is 1. The average molecular weight is 608 g/mol. The van der Waals surface area contributed by atoms with Crippen LogP contribution in [0.1, 0.15) is 33.9 Å². The molecular weight excluding hydrogens is 575 g/mol. The molecule has 2 amide bonds. The van der Waals surface area contributed by atoms with Gasteiger partial charge in [0.05, 0.1) is 9.90 Å². The Morgan fingerprint density at radius 2 is 1.60 bits per heavy atom. The summed E-state index contributed by atoms with van der Waals surface area (Å²) in [5, 5.41) is 13.8. The van der Waals surface area contributed by atoms with Crippen molar-refractivity contribution in [2.45, 2.75) is 33.3 Å². The first-order valence-electron chi connectivity index (χ1n) is 13.8. The van der Waals surface area contributed by atoms with E-state index in [2.05, 4.69) is 109 Å². The molecule has 0 radical (unpaired) electrons. The number of nitrogens with one attached hydrogen (secondary N) is 3. The van der Waals surface area contributed by atoms with Crippen LogP contribution in [0.25, 0.3) is 11.1 Å². The maximum absolute atomic E-state index is 13.1. The second-order valence-electron chi connectivity index (χ2n) is 9.82. The largest absolute Gasteiger partial charge is 0.338 e. The molecule has 0 atom stereocenters. The van der Waals surface area contributed by atoms with E-state index in [1.165, 1.54) is 21.6 Å². The summed E-state index contributed by atoms with van der Waals surface area (Å²) in [4.78, 5) is 16.4. The minimum Gasteiger partial charge on any atom is -0.338 e. The second kappa shape index (κ2) is 14.4. The van der Waals surface area contributed by atoms with Gasteiger partial charge in [0.25, 0.3) is 0 Å². The van der Waals surface area contributed by atoms with Gasteiger partial charge in [-0.3, -0.25) is 0 Å². The van der Waals surface area contributed by atoms with Gasteiger partial charge in [-0.05, 0) is 66.1 Å². The molecular formula is C35H33N3OS3. The third-order valence-electron chi connectivity index (χ3n) is 7.01. The van der Waals surface area contributed by atoms with E-state index < -0.39 is 0 Å². The molecule has 0 saturated carbocycles. The fourth-order valence-electron chi connectivity index (χ4n) is 5.05. The molecule has 7 heteroatoms. The van der Waals surface area contributed by atoms with Gasteiger partial charge in [0, 0.05) is 38.9 Å². The van der Waals surface area contributed by atoms with Gasteiger partial charge in [0.2, 0.25) is 0 Å². The van der Waals surface area contributed by atoms with Crippen molar-refractivity contribution in [1.29, 1.82) is 5.41 Å². The van der Waals surface area contributed by atoms with Crippen molar-refractivity contribution in [3.05, 3.63) is 131 Å². The highest BCUT2D eigenvalue weighted by Gasteiger charge is 2.16. The Balaban J connectivity index is 1.30. The van der Waals surface area contributed by atoms with Gasteiger partial charge in [-0.2, -0.15) is 0 Å². The molecule has 0 spiro atoms. The van der Waals surface area contributed by atoms with Gasteiger partial charge >= 0.3 is 6.03 Å². The van der Waals surface area contributed by atoms with Crippen LogP contribution in [0.15, 0.2) is 123 Å². The topological polar surface area (TPSA) is 65.0 Å². The van der Waals surface area contributed by atoms with E-state index in [1.807, 2.05) is 24.3 Å². The number of hydrogen-bond donors (Lipinski definition) is 3. The highest BCUT2D eigenvalue weighted by atomic mass is 32.2. The van der Waals surface area contributed by atoms with Gasteiger partial charge in [0.15, 0.2) is 0 Å². The zero-order valence-electron chi connectivity index (χ0n) is 23.6. The number of aryl methyl sites for hydroxylation is 1. The SMILES string of the molecule is CSc1sc(C=N)cc1Sc1cccc(-c2c(C)cccc2NC(=O)NCCC(c2ccccc2)c2ccccc2)c1. The molecule has 5 rings (SSSR count). The highest BCUT2D eigenvalue weighted by molar-refractivity contribution is 8.03. The Morgan fingerprint density at radius 1 is 0.905 bits per heavy atom. The quantitative estimate of drug-likeness (QED) is 0.103. The van der Waals surface area contributed by atoms with Crippen molar-refractivity contribution >= 4 is 52.8 Å². The van der Waals surface area contributed by atoms with Crippen molar-refractivity contribution in [3.8, 4) is 11.1 Å². The lowest BCUT2D eigenvalue weighted by Crippen LogP contribution is -2.30. The van der Waals surface area contributed by atoms with Crippen LogP contribution in [0, 0.1) is 12.3 Å². The van der Waals surface area contributed by atoms with E-state index in [0.717, 1.165) is 43.5 Å². The first-order chi connectivity index (χ1) is 20.6. The lowest BCUT2D eigenvalue weighted by Gasteiger charge is -2.19. The van der Waals surface area contributed by atoms with Crippen LogP contribution in [0.4, 0.5) is 10.5 Å². The van der Waals surface area contributed by atoms with E-state index in [0.29, 0.717) is 6.54 Å². The van der Waals surface area contributed by atoms with E-state index in [-0.39, 0.29) is 11.9 Å². The molecule has 0 bridgehead atoms. The molecule has 0 unspecified atom stereocenters. The fourth-order valence-corrected chi connectivity index (χ4v) is 8.10. The summed E-state index contributed by atoms with van der Waals surface area (Å²) in [6, 6.07) is 37.2. The number of rotatable bonds is 11. The molecule has 0 aliphatic carbocycles. The van der Waals surface area contributed by atoms with Crippen LogP contribution >= 0.6 is 34.9 Å². The van der Waals surface area contributed by atoms with Gasteiger partial charge < -0.3 is 16.0 Å². The predicted octanol–water partition coefficient (Wildman–Crippen LogP) is 9.94. The summed E-state index contributed by atoms with van der Waals surface area (Å²) in [6.45, 7) is 2.62. The lowest BCUT2D eigenvalue weighted by atomic mass is 9.88. The summed E-state index contributed by atoms with van der Waals surface area (Å²) in [5.74, 6) is 0.201. The number of thioether (sulfide) groups is 1. The molecule has 3 N–H and O–H groups in total. The minimum absolute atomic E-state index is 0.201. The van der Waals surface area contributed by atoms with E-state index in [4.69, 9.17) is 5.41 Å². The molecule has 0 aliphatic rings. The van der Waals surface area contributed by atoms with Crippen LogP contribution in [0.3, 0.4) is 0 Å². The maximum Gasteiger partial charge on any atom is 0.319 e. The molecule has 1 heterocycles. The Hall–Kier alpha value is -3.78. The number of carbonyl (C=O) groups is 1. The molecule has 4 aromatic carbocycles. The van der Waals surface area contributed by atoms with Crippen LogP contribution in [-0.2, 0) is 0 Å². The van der Waals surface area contributed by atoms with Crippen molar-refractivity contribution in [2.75, 3.05) is 18.1 Å². The van der Waals surface area contributed by atoms with E-state index in [1.54, 1.807) is 34.9 Å². The summed E-state index contributed by atoms with van der Waals surface area (Å²) in [5.41, 5.74) is 6.42. The summed E-state index contributed by atoms with van der Waals surface area (Å²) < 4.78 is 1.21. The molecule has 5 aromatic rings. The number of hydrogen-bond acceptors (Lipinski definition) is 5. The third kappa shape index (κ3) is 7.34. The van der Waals surface area contributed by atoms with Crippen LogP contribution < -0.4 is 10.6 Å². The molecule has 0 aliphatic heterocycles. The number of urea groups is 1. The first-order valence-corrected chi connectivity index (χ1v) is 16.6. The summed E-state index contributed by atoms with van der Waals surface area (Å²) in [7, 11) is 0. The van der Waals surface area contributed by atoms with Crippen molar-refractivity contribution < 1.29 is 4.79 Å². The fraction of sp³-hybridized carbons (Fsp3) is 0.143. The van der Waals surface area contributed by atoms with Crippen molar-refractivity contribution in [2.24, 2.45) is 0 Å². The highest BCUT2D eigenvalue weighted by Crippen LogP contribution is 2.42. The number of benzene rings is 4. The Kier molecular flexibility index (Phi) is 10.2. The summed E-state index contributed by atoms with van der Waals surface area (Å²) >= 11 is 5.06. The smallest absolute Gasteiger partial charge is 0.319 e. The minimum atomic E-state index is -0.214. The van der Waals surface area contributed by atoms with Crippen molar-refractivity contribution in [3.63, 3.8) is 0 Å². The molecule has 0 saturated heterocycles. The first kappa shape index (κ1) is 29.7. The summed E-state index contributed by atoms with van der Waals surface area (Å²) in [6.07, 6.45) is 4.27. The maximum atomic E-state index is 13.1. The van der Waals surface area contributed by atoms with Crippen LogP contribution in [0.2, 0.25) is 0 Å².